The van der Waals surface area contributed by atoms with Gasteiger partial charge in [0.05, 0.1) is 18.4 Å². The Balaban J connectivity index is 3.23. The Kier molecular flexibility index (Phi) is 9.66. The lowest BCUT2D eigenvalue weighted by Gasteiger charge is -2.18. The zero-order valence-corrected chi connectivity index (χ0v) is 9.02. The molecule has 76 valence electrons. The van der Waals surface area contributed by atoms with Gasteiger partial charge < -0.3 is 10.0 Å². The van der Waals surface area contributed by atoms with Crippen molar-refractivity contribution in [2.45, 2.75) is 13.3 Å². The molecule has 4 heteroatoms. The molecule has 1 N–H and O–H groups in total. The Morgan fingerprint density at radius 2 is 2.23 bits per heavy atom. The maximum absolute atomic E-state index is 8.72. The molecule has 0 rings (SSSR count). The minimum absolute atomic E-state index is 0.235. The quantitative estimate of drug-likeness (QED) is 0.595. The second-order valence-electron chi connectivity index (χ2n) is 2.72. The summed E-state index contributed by atoms with van der Waals surface area (Å²) in [4.78, 5) is 2.22. The minimum atomic E-state index is 0.235. The first-order valence-corrected chi connectivity index (χ1v) is 5.78. The van der Waals surface area contributed by atoms with Crippen LogP contribution in [0, 0.1) is 11.3 Å². The number of nitrogens with zero attached hydrogens (tertiary/aromatic N) is 2. The molecule has 0 bridgehead atoms. The second kappa shape index (κ2) is 9.85. The summed E-state index contributed by atoms with van der Waals surface area (Å²) < 4.78 is 0. The van der Waals surface area contributed by atoms with Gasteiger partial charge in [-0.1, -0.05) is 6.92 Å². The van der Waals surface area contributed by atoms with E-state index in [0.29, 0.717) is 5.75 Å². The molecular formula is C9H18N2OS. The summed E-state index contributed by atoms with van der Waals surface area (Å²) in [5, 5.41) is 17.0. The summed E-state index contributed by atoms with van der Waals surface area (Å²) in [7, 11) is 0. The van der Waals surface area contributed by atoms with Crippen LogP contribution in [0.4, 0.5) is 0 Å². The third-order valence-electron chi connectivity index (χ3n) is 1.79. The third-order valence-corrected chi connectivity index (χ3v) is 2.70. The standard InChI is InChI=1S/C9H18N2OS/c1-2-11(6-7-12)5-3-8-13-9-4-10/h12H,2-3,5-9H2,1H3. The number of nitriles is 1. The highest BCUT2D eigenvalue weighted by atomic mass is 32.2. The molecule has 0 atom stereocenters. The molecule has 0 saturated carbocycles. The molecule has 0 aliphatic rings. The van der Waals surface area contributed by atoms with E-state index in [1.165, 1.54) is 0 Å². The topological polar surface area (TPSA) is 47.3 Å². The average Bonchev–Trinajstić information content (AvgIpc) is 2.16. The monoisotopic (exact) mass is 202 g/mol. The van der Waals surface area contributed by atoms with Gasteiger partial charge in [0.2, 0.25) is 0 Å². The van der Waals surface area contributed by atoms with Crippen molar-refractivity contribution in [3.8, 4) is 6.07 Å². The molecule has 0 radical (unpaired) electrons. The summed E-state index contributed by atoms with van der Waals surface area (Å²) in [6.45, 7) is 5.11. The van der Waals surface area contributed by atoms with Crippen LogP contribution in [0.2, 0.25) is 0 Å². The van der Waals surface area contributed by atoms with Gasteiger partial charge in [-0.2, -0.15) is 5.26 Å². The van der Waals surface area contributed by atoms with Crippen molar-refractivity contribution < 1.29 is 5.11 Å². The molecule has 3 nitrogen and oxygen atoms in total. The molecule has 0 spiro atoms. The minimum Gasteiger partial charge on any atom is -0.395 e. The number of aliphatic hydroxyl groups excluding tert-OH is 1. The molecule has 0 aliphatic heterocycles. The Morgan fingerprint density at radius 3 is 2.77 bits per heavy atom. The first-order valence-electron chi connectivity index (χ1n) is 4.63. The first-order chi connectivity index (χ1) is 6.35. The Bertz CT molecular complexity index is 147. The smallest absolute Gasteiger partial charge is 0.0808 e. The number of aliphatic hydroxyl groups is 1. The summed E-state index contributed by atoms with van der Waals surface area (Å²) in [6, 6.07) is 2.10. The fourth-order valence-corrected chi connectivity index (χ4v) is 1.65. The van der Waals surface area contributed by atoms with Gasteiger partial charge >= 0.3 is 0 Å². The highest BCUT2D eigenvalue weighted by Gasteiger charge is 1.99. The Hall–Kier alpha value is -0.240. The van der Waals surface area contributed by atoms with Crippen molar-refractivity contribution >= 4 is 11.8 Å². The molecule has 0 heterocycles. The maximum Gasteiger partial charge on any atom is 0.0808 e. The van der Waals surface area contributed by atoms with Crippen molar-refractivity contribution in [2.75, 3.05) is 37.7 Å². The van der Waals surface area contributed by atoms with E-state index in [0.717, 1.165) is 31.8 Å². The Labute approximate surface area is 84.7 Å². The van der Waals surface area contributed by atoms with Crippen LogP contribution >= 0.6 is 11.8 Å². The molecule has 0 saturated heterocycles. The van der Waals surface area contributed by atoms with E-state index in [4.69, 9.17) is 10.4 Å². The summed E-state index contributed by atoms with van der Waals surface area (Å²) in [6.07, 6.45) is 1.10. The highest BCUT2D eigenvalue weighted by molar-refractivity contribution is 7.99. The van der Waals surface area contributed by atoms with Gasteiger partial charge in [-0.15, -0.1) is 11.8 Å². The summed E-state index contributed by atoms with van der Waals surface area (Å²) in [5.41, 5.74) is 0. The summed E-state index contributed by atoms with van der Waals surface area (Å²) >= 11 is 1.67. The normalized spacial score (nSPS) is 10.3. The van der Waals surface area contributed by atoms with Crippen LogP contribution in [0.25, 0.3) is 0 Å². The van der Waals surface area contributed by atoms with Gasteiger partial charge in [0, 0.05) is 6.54 Å². The highest BCUT2D eigenvalue weighted by Crippen LogP contribution is 2.02. The van der Waals surface area contributed by atoms with Crippen LogP contribution in [-0.2, 0) is 0 Å². The van der Waals surface area contributed by atoms with Crippen LogP contribution < -0.4 is 0 Å². The molecule has 0 aromatic heterocycles. The average molecular weight is 202 g/mol. The lowest BCUT2D eigenvalue weighted by molar-refractivity contribution is 0.202. The van der Waals surface area contributed by atoms with E-state index < -0.39 is 0 Å². The number of hydrogen-bond donors (Lipinski definition) is 1. The number of likely N-dealkylation sites (N-methyl/N-ethyl adjacent to an activating group) is 1. The van der Waals surface area contributed by atoms with Crippen molar-refractivity contribution in [1.29, 1.82) is 5.26 Å². The van der Waals surface area contributed by atoms with E-state index in [1.807, 2.05) is 0 Å². The van der Waals surface area contributed by atoms with E-state index >= 15 is 0 Å². The molecular weight excluding hydrogens is 184 g/mol. The van der Waals surface area contributed by atoms with Crippen molar-refractivity contribution in [3.63, 3.8) is 0 Å². The number of hydrogen-bond acceptors (Lipinski definition) is 4. The lowest BCUT2D eigenvalue weighted by Crippen LogP contribution is -2.27. The predicted molar refractivity (Wildman–Crippen MR) is 56.8 cm³/mol. The van der Waals surface area contributed by atoms with Gasteiger partial charge in [-0.25, -0.2) is 0 Å². The zero-order valence-electron chi connectivity index (χ0n) is 8.20. The van der Waals surface area contributed by atoms with E-state index in [1.54, 1.807) is 11.8 Å². The van der Waals surface area contributed by atoms with Gasteiger partial charge in [0.15, 0.2) is 0 Å². The van der Waals surface area contributed by atoms with Gasteiger partial charge in [0.1, 0.15) is 0 Å². The molecule has 0 aromatic carbocycles. The number of rotatable bonds is 8. The fraction of sp³-hybridized carbons (Fsp3) is 0.889. The van der Waals surface area contributed by atoms with Gasteiger partial charge in [-0.3, -0.25) is 0 Å². The second-order valence-corrected chi connectivity index (χ2v) is 3.83. The van der Waals surface area contributed by atoms with Gasteiger partial charge in [0.25, 0.3) is 0 Å². The third kappa shape index (κ3) is 8.10. The Morgan fingerprint density at radius 1 is 1.46 bits per heavy atom. The molecule has 0 aromatic rings. The van der Waals surface area contributed by atoms with Gasteiger partial charge in [-0.05, 0) is 25.3 Å². The molecule has 13 heavy (non-hydrogen) atoms. The van der Waals surface area contributed by atoms with Crippen LogP contribution in [-0.4, -0.2) is 47.8 Å². The van der Waals surface area contributed by atoms with Crippen molar-refractivity contribution in [1.82, 2.24) is 4.90 Å². The van der Waals surface area contributed by atoms with Crippen molar-refractivity contribution in [2.24, 2.45) is 0 Å². The van der Waals surface area contributed by atoms with Crippen LogP contribution in [0.1, 0.15) is 13.3 Å². The fourth-order valence-electron chi connectivity index (χ4n) is 1.08. The summed E-state index contributed by atoms with van der Waals surface area (Å²) in [5.74, 6) is 1.63. The number of thioether (sulfide) groups is 1. The van der Waals surface area contributed by atoms with Crippen LogP contribution in [0.5, 0.6) is 0 Å². The first kappa shape index (κ1) is 12.8. The van der Waals surface area contributed by atoms with E-state index in [-0.39, 0.29) is 6.61 Å². The SMILES string of the molecule is CCN(CCO)CCCSCC#N. The zero-order chi connectivity index (χ0) is 9.94. The van der Waals surface area contributed by atoms with E-state index in [2.05, 4.69) is 17.9 Å². The molecule has 0 amide bonds. The van der Waals surface area contributed by atoms with Crippen LogP contribution in [0.15, 0.2) is 0 Å². The molecule has 0 aliphatic carbocycles. The molecule has 0 fully saturated rings. The molecule has 0 unspecified atom stereocenters. The largest absolute Gasteiger partial charge is 0.395 e. The van der Waals surface area contributed by atoms with E-state index in [9.17, 15) is 0 Å². The van der Waals surface area contributed by atoms with Crippen molar-refractivity contribution in [3.05, 3.63) is 0 Å². The lowest BCUT2D eigenvalue weighted by atomic mass is 10.4. The predicted octanol–water partition coefficient (Wildman–Crippen LogP) is 0.947. The maximum atomic E-state index is 8.72. The van der Waals surface area contributed by atoms with Crippen LogP contribution in [0.3, 0.4) is 0 Å².